The fourth-order valence-corrected chi connectivity index (χ4v) is 2.90. The molecule has 4 rings (SSSR count). The van der Waals surface area contributed by atoms with Crippen molar-refractivity contribution in [3.05, 3.63) is 91.0 Å². The van der Waals surface area contributed by atoms with Crippen LogP contribution in [0.1, 0.15) is 0 Å². The standard InChI is InChI=1S/C21H15.Zr/c1-3-8-16(9-4-1)19-14-18-12-7-13-20(21(18)15-19)17-10-5-2-6-11-17;/h1-15H;/q-1;. The first kappa shape index (κ1) is 15.1. The average molecular weight is 359 g/mol. The monoisotopic (exact) mass is 357 g/mol. The van der Waals surface area contributed by atoms with E-state index in [0.717, 1.165) is 0 Å². The summed E-state index contributed by atoms with van der Waals surface area (Å²) >= 11 is 0. The van der Waals surface area contributed by atoms with Crippen LogP contribution in [0.15, 0.2) is 91.0 Å². The minimum absolute atomic E-state index is 0. The predicted octanol–water partition coefficient (Wildman–Crippen LogP) is 5.89. The van der Waals surface area contributed by atoms with E-state index < -0.39 is 0 Å². The molecule has 0 aliphatic rings. The van der Waals surface area contributed by atoms with Crippen molar-refractivity contribution in [1.82, 2.24) is 0 Å². The van der Waals surface area contributed by atoms with Gasteiger partial charge in [-0.2, -0.15) is 0 Å². The number of hydrogen-bond acceptors (Lipinski definition) is 0. The van der Waals surface area contributed by atoms with Gasteiger partial charge in [0.2, 0.25) is 0 Å². The molecule has 0 bridgehead atoms. The average Bonchev–Trinajstić information content (AvgIpc) is 3.00. The minimum Gasteiger partial charge on any atom is -0.144 e. The van der Waals surface area contributed by atoms with Gasteiger partial charge >= 0.3 is 0 Å². The van der Waals surface area contributed by atoms with Crippen LogP contribution in [-0.2, 0) is 26.2 Å². The fraction of sp³-hybridized carbons (Fsp3) is 0. The normalized spacial score (nSPS) is 10.4. The van der Waals surface area contributed by atoms with Gasteiger partial charge in [-0.1, -0.05) is 83.9 Å². The zero-order valence-electron chi connectivity index (χ0n) is 12.2. The summed E-state index contributed by atoms with van der Waals surface area (Å²) in [6.07, 6.45) is 0. The van der Waals surface area contributed by atoms with Gasteiger partial charge in [-0.25, -0.2) is 0 Å². The van der Waals surface area contributed by atoms with Gasteiger partial charge in [-0.05, 0) is 5.56 Å². The Labute approximate surface area is 149 Å². The van der Waals surface area contributed by atoms with Gasteiger partial charge in [-0.15, -0.1) is 34.5 Å². The van der Waals surface area contributed by atoms with E-state index in [0.29, 0.717) is 0 Å². The van der Waals surface area contributed by atoms with Gasteiger partial charge in [0.15, 0.2) is 0 Å². The van der Waals surface area contributed by atoms with E-state index in [1.807, 2.05) is 0 Å². The van der Waals surface area contributed by atoms with Crippen molar-refractivity contribution in [2.45, 2.75) is 0 Å². The molecule has 0 saturated carbocycles. The van der Waals surface area contributed by atoms with Crippen molar-refractivity contribution < 1.29 is 26.2 Å². The van der Waals surface area contributed by atoms with Crippen LogP contribution < -0.4 is 0 Å². The van der Waals surface area contributed by atoms with Crippen LogP contribution in [0.2, 0.25) is 0 Å². The van der Waals surface area contributed by atoms with Crippen LogP contribution in [0.5, 0.6) is 0 Å². The summed E-state index contributed by atoms with van der Waals surface area (Å²) in [6, 6.07) is 32.2. The molecular formula is C21H15Zr-. The van der Waals surface area contributed by atoms with Crippen LogP contribution in [0, 0.1) is 0 Å². The van der Waals surface area contributed by atoms with Gasteiger partial charge in [-0.3, -0.25) is 0 Å². The molecule has 0 radical (unpaired) electrons. The maximum absolute atomic E-state index is 2.30. The summed E-state index contributed by atoms with van der Waals surface area (Å²) in [5, 5.41) is 2.62. The summed E-state index contributed by atoms with van der Waals surface area (Å²) in [5.41, 5.74) is 5.13. The number of rotatable bonds is 2. The summed E-state index contributed by atoms with van der Waals surface area (Å²) in [7, 11) is 0. The summed E-state index contributed by atoms with van der Waals surface area (Å²) < 4.78 is 0. The van der Waals surface area contributed by atoms with E-state index in [1.165, 1.54) is 33.0 Å². The van der Waals surface area contributed by atoms with Crippen LogP contribution >= 0.6 is 0 Å². The first-order valence-corrected chi connectivity index (χ1v) is 7.22. The second kappa shape index (κ2) is 6.50. The predicted molar refractivity (Wildman–Crippen MR) is 90.4 cm³/mol. The van der Waals surface area contributed by atoms with E-state index >= 15 is 0 Å². The van der Waals surface area contributed by atoms with Crippen LogP contribution in [0.3, 0.4) is 0 Å². The molecule has 0 spiro atoms. The van der Waals surface area contributed by atoms with Crippen molar-refractivity contribution in [2.24, 2.45) is 0 Å². The Morgan fingerprint density at radius 3 is 1.91 bits per heavy atom. The van der Waals surface area contributed by atoms with Crippen molar-refractivity contribution >= 4 is 10.8 Å². The molecular weight excluding hydrogens is 343 g/mol. The van der Waals surface area contributed by atoms with Gasteiger partial charge < -0.3 is 0 Å². The molecule has 0 atom stereocenters. The zero-order chi connectivity index (χ0) is 14.1. The Bertz CT molecular complexity index is 874. The summed E-state index contributed by atoms with van der Waals surface area (Å²) in [5.74, 6) is 0. The van der Waals surface area contributed by atoms with Crippen molar-refractivity contribution in [3.63, 3.8) is 0 Å². The number of fused-ring (bicyclic) bond motifs is 1. The molecule has 0 aliphatic carbocycles. The summed E-state index contributed by atoms with van der Waals surface area (Å²) in [6.45, 7) is 0. The first-order valence-electron chi connectivity index (χ1n) is 7.22. The molecule has 4 aromatic rings. The summed E-state index contributed by atoms with van der Waals surface area (Å²) in [4.78, 5) is 0. The molecule has 4 aromatic carbocycles. The Balaban J connectivity index is 0.00000144. The van der Waals surface area contributed by atoms with Gasteiger partial charge in [0.25, 0.3) is 0 Å². The quantitative estimate of drug-likeness (QED) is 0.392. The molecule has 104 valence electrons. The van der Waals surface area contributed by atoms with E-state index in [2.05, 4.69) is 91.0 Å². The molecule has 0 nitrogen and oxygen atoms in total. The van der Waals surface area contributed by atoms with Crippen LogP contribution in [0.4, 0.5) is 0 Å². The van der Waals surface area contributed by atoms with Crippen LogP contribution in [-0.4, -0.2) is 0 Å². The number of benzene rings is 3. The van der Waals surface area contributed by atoms with Gasteiger partial charge in [0, 0.05) is 26.2 Å². The van der Waals surface area contributed by atoms with Crippen molar-refractivity contribution in [1.29, 1.82) is 0 Å². The molecule has 0 aromatic heterocycles. The smallest absolute Gasteiger partial charge is 0 e. The molecule has 0 aliphatic heterocycles. The maximum Gasteiger partial charge on any atom is 0 e. The van der Waals surface area contributed by atoms with Crippen molar-refractivity contribution in [3.8, 4) is 22.3 Å². The second-order valence-corrected chi connectivity index (χ2v) is 5.28. The third kappa shape index (κ3) is 2.74. The Morgan fingerprint density at radius 2 is 1.23 bits per heavy atom. The van der Waals surface area contributed by atoms with Gasteiger partial charge in [0.1, 0.15) is 0 Å². The molecule has 0 heterocycles. The topological polar surface area (TPSA) is 0 Å². The second-order valence-electron chi connectivity index (χ2n) is 5.28. The van der Waals surface area contributed by atoms with E-state index in [4.69, 9.17) is 0 Å². The van der Waals surface area contributed by atoms with Crippen molar-refractivity contribution in [2.75, 3.05) is 0 Å². The molecule has 0 saturated heterocycles. The Morgan fingerprint density at radius 1 is 0.591 bits per heavy atom. The third-order valence-corrected chi connectivity index (χ3v) is 3.94. The largest absolute Gasteiger partial charge is 0.144 e. The zero-order valence-corrected chi connectivity index (χ0v) is 14.6. The molecule has 0 N–H and O–H groups in total. The van der Waals surface area contributed by atoms with E-state index in [1.54, 1.807) is 0 Å². The molecule has 0 amide bonds. The molecule has 0 fully saturated rings. The third-order valence-electron chi connectivity index (χ3n) is 3.94. The molecule has 1 heteroatoms. The first-order chi connectivity index (χ1) is 10.4. The fourth-order valence-electron chi connectivity index (χ4n) is 2.90. The number of hydrogen-bond donors (Lipinski definition) is 0. The van der Waals surface area contributed by atoms with E-state index in [9.17, 15) is 0 Å². The molecule has 22 heavy (non-hydrogen) atoms. The minimum atomic E-state index is 0. The Hall–Kier alpha value is -1.85. The van der Waals surface area contributed by atoms with Gasteiger partial charge in [0.05, 0.1) is 0 Å². The maximum atomic E-state index is 2.30. The Kier molecular flexibility index (Phi) is 4.45. The molecule has 0 unspecified atom stereocenters. The van der Waals surface area contributed by atoms with E-state index in [-0.39, 0.29) is 26.2 Å². The van der Waals surface area contributed by atoms with Crippen LogP contribution in [0.25, 0.3) is 33.0 Å². The SMILES string of the molecule is [Zr].c1ccc(-c2cc3c(-c4ccccc4)cccc3[cH-]2)cc1.